The predicted molar refractivity (Wildman–Crippen MR) is 389 cm³/mol. The van der Waals surface area contributed by atoms with E-state index in [2.05, 4.69) is 4.90 Å². The summed E-state index contributed by atoms with van der Waals surface area (Å²) in [4.78, 5) is 7.73. The van der Waals surface area contributed by atoms with E-state index >= 15 is 0 Å². The lowest BCUT2D eigenvalue weighted by atomic mass is 9.33. The quantitative estimate of drug-likeness (QED) is 0.0999. The molecule has 0 aromatic heterocycles. The molecule has 0 fully saturated rings. The fourth-order valence-corrected chi connectivity index (χ4v) is 12.9. The summed E-state index contributed by atoms with van der Waals surface area (Å²) >= 11 is 0. The Labute approximate surface area is 587 Å². The van der Waals surface area contributed by atoms with Gasteiger partial charge in [0.2, 0.25) is 0 Å². The van der Waals surface area contributed by atoms with Crippen LogP contribution in [0, 0.1) is 0 Å². The molecule has 0 unspecified atom stereocenters. The first-order chi connectivity index (χ1) is 59.8. The molecule has 92 heavy (non-hydrogen) atoms. The molecule has 0 spiro atoms. The second-order valence-electron chi connectivity index (χ2n) is 21.4. The maximum Gasteiger partial charge on any atom is 0.252 e. The van der Waals surface area contributed by atoms with Crippen molar-refractivity contribution in [3.8, 4) is 0 Å². The molecule has 0 bridgehead atoms. The van der Waals surface area contributed by atoms with Gasteiger partial charge in [-0.1, -0.05) is 242 Å². The average Bonchev–Trinajstić information content (AvgIpc) is 0.681. The zero-order chi connectivity index (χ0) is 90.5. The molecule has 4 aliphatic heterocycles. The van der Waals surface area contributed by atoms with Gasteiger partial charge >= 0.3 is 0 Å². The molecule has 0 atom stereocenters. The first-order valence-electron chi connectivity index (χ1n) is 46.1. The molecule has 0 saturated carbocycles. The van der Waals surface area contributed by atoms with E-state index in [9.17, 15) is 21.9 Å². The van der Waals surface area contributed by atoms with Crippen molar-refractivity contribution in [2.45, 2.75) is 5.92 Å². The number of hydrogen-bond donors (Lipinski definition) is 0. The third kappa shape index (κ3) is 9.27. The van der Waals surface area contributed by atoms with Crippen molar-refractivity contribution >= 4 is 132 Å². The Kier molecular flexibility index (Phi) is 7.52. The van der Waals surface area contributed by atoms with Crippen LogP contribution in [0.2, 0.25) is 0 Å². The third-order valence-electron chi connectivity index (χ3n) is 16.4. The van der Waals surface area contributed by atoms with E-state index in [4.69, 9.17) is 24.7 Å². The maximum absolute atomic E-state index is 9.47. The Balaban J connectivity index is 0.000000185. The molecule has 0 radical (unpaired) electrons. The largest absolute Gasteiger partial charge is 0.311 e. The van der Waals surface area contributed by atoms with Gasteiger partial charge in [-0.3, -0.25) is 0 Å². The van der Waals surface area contributed by atoms with Gasteiger partial charge in [-0.2, -0.15) is 0 Å². The molecule has 14 aromatic rings. The number of rotatable bonds is 10. The topological polar surface area (TPSA) is 16.2 Å². The van der Waals surface area contributed by atoms with E-state index in [0.717, 1.165) is 51.1 Å². The highest BCUT2D eigenvalue weighted by Crippen LogP contribution is 2.50. The Bertz CT molecular complexity index is 6580. The number of hydrogen-bond acceptors (Lipinski definition) is 5. The van der Waals surface area contributed by atoms with Gasteiger partial charge < -0.3 is 24.5 Å². The Hall–Kier alpha value is -11.8. The molecular formula is C85H61B2N5. The molecule has 0 saturated heterocycles. The van der Waals surface area contributed by atoms with E-state index in [1.54, 1.807) is 0 Å². The van der Waals surface area contributed by atoms with Crippen LogP contribution in [0.1, 0.15) is 69.2 Å². The summed E-state index contributed by atoms with van der Waals surface area (Å²) in [5.74, 6) is -2.08. The summed E-state index contributed by atoms with van der Waals surface area (Å²) < 4.78 is 306. The van der Waals surface area contributed by atoms with Crippen molar-refractivity contribution < 1.29 is 46.6 Å². The molecule has 0 N–H and O–H groups in total. The van der Waals surface area contributed by atoms with Crippen molar-refractivity contribution in [1.29, 1.82) is 0 Å². The molecule has 4 heterocycles. The van der Waals surface area contributed by atoms with Gasteiger partial charge in [0.15, 0.2) is 0 Å². The predicted octanol–water partition coefficient (Wildman–Crippen LogP) is 18.2. The van der Waals surface area contributed by atoms with E-state index in [1.165, 1.54) is 0 Å². The van der Waals surface area contributed by atoms with Crippen LogP contribution in [0.5, 0.6) is 0 Å². The highest BCUT2D eigenvalue weighted by molar-refractivity contribution is 7.01. The lowest BCUT2D eigenvalue weighted by Gasteiger charge is -2.45. The van der Waals surface area contributed by atoms with Gasteiger partial charge in [-0.15, -0.1) is 0 Å². The summed E-state index contributed by atoms with van der Waals surface area (Å²) in [6, 6.07) is 22.4. The van der Waals surface area contributed by atoms with E-state index < -0.39 is 251 Å². The molecule has 7 heteroatoms. The molecule has 0 aliphatic carbocycles. The summed E-state index contributed by atoms with van der Waals surface area (Å²) in [7, 11) is 0. The van der Waals surface area contributed by atoms with Crippen molar-refractivity contribution in [3.63, 3.8) is 0 Å². The zero-order valence-electron chi connectivity index (χ0n) is 82.0. The minimum absolute atomic E-state index is 0.186. The average molecular weight is 1210 g/mol. The number of fused-ring (bicyclic) bond motifs is 8. The second kappa shape index (κ2) is 23.3. The Morgan fingerprint density at radius 1 is 0.250 bits per heavy atom. The molecular weight excluding hydrogens is 1110 g/mol. The summed E-state index contributed by atoms with van der Waals surface area (Å²) in [6.07, 6.45) is 0. The second-order valence-corrected chi connectivity index (χ2v) is 21.4. The van der Waals surface area contributed by atoms with Gasteiger partial charge in [-0.25, -0.2) is 0 Å². The lowest BCUT2D eigenvalue weighted by molar-refractivity contribution is 0.975. The zero-order valence-corrected chi connectivity index (χ0v) is 48.0. The van der Waals surface area contributed by atoms with Crippen molar-refractivity contribution in [2.24, 2.45) is 0 Å². The monoisotopic (exact) mass is 1210 g/mol. The molecule has 5 nitrogen and oxygen atoms in total. The molecule has 432 valence electrons. The van der Waals surface area contributed by atoms with Gasteiger partial charge in [-0.05, 0) is 171 Å². The number of benzene rings is 14. The lowest BCUT2D eigenvalue weighted by Crippen LogP contribution is -2.61. The van der Waals surface area contributed by atoms with Crippen LogP contribution in [0.3, 0.4) is 0 Å². The summed E-state index contributed by atoms with van der Waals surface area (Å²) in [5.41, 5.74) is 0.964. The van der Waals surface area contributed by atoms with Crippen molar-refractivity contribution in [3.05, 3.63) is 380 Å². The van der Waals surface area contributed by atoms with Crippen LogP contribution in [0.25, 0.3) is 0 Å². The van der Waals surface area contributed by atoms with Crippen LogP contribution in [0.4, 0.5) is 85.3 Å². The fourth-order valence-electron chi connectivity index (χ4n) is 12.9. The van der Waals surface area contributed by atoms with Crippen molar-refractivity contribution in [2.75, 3.05) is 24.5 Å². The minimum Gasteiger partial charge on any atom is -0.311 e. The highest BCUT2D eigenvalue weighted by Gasteiger charge is 2.46. The molecule has 14 aromatic carbocycles. The normalized spacial score (nSPS) is 17.9. The van der Waals surface area contributed by atoms with Crippen molar-refractivity contribution in [1.82, 2.24) is 0 Å². The number of anilines is 15. The Morgan fingerprint density at radius 2 is 0.565 bits per heavy atom. The SMILES string of the molecule is [2H]c1c([2H])c([2H])c2c(c1[2H])B1c3c(cc(N(c4ccccc4)c4ccccc4)cc3N(c3ccccc3)c3c([2H])c([2H])c([2H])c([2H])c31)N2c1ccccc1.[2H]c1cc([2H])c2c(c1[2H])N(c1c([2H])c([2H])c([2H])c([2H])c1[2H])c1cc(C(c3c([2H])c([2H])c([2H])c([2H])c3[2H])c3c([2H])c([2H])c([2H])c([2H])c3[2H])cc3c1B2c1c([2H])cc([2H])c([2H])c1N3c1c([2H])c([2H])c([2H])c([2H])c1[2H]. The summed E-state index contributed by atoms with van der Waals surface area (Å²) in [6.45, 7) is -2.57. The number of nitrogens with zero attached hydrogens (tertiary/aromatic N) is 5. The van der Waals surface area contributed by atoms with Crippen LogP contribution < -0.4 is 57.3 Å². The van der Waals surface area contributed by atoms with Crippen LogP contribution in [-0.4, -0.2) is 13.4 Å². The van der Waals surface area contributed by atoms with Gasteiger partial charge in [0.25, 0.3) is 13.4 Å². The first kappa shape index (κ1) is 29.7. The van der Waals surface area contributed by atoms with E-state index in [-0.39, 0.29) is 62.9 Å². The molecule has 18 rings (SSSR count). The third-order valence-corrected chi connectivity index (χ3v) is 16.4. The fraction of sp³-hybridized carbons (Fsp3) is 0.0118. The smallest absolute Gasteiger partial charge is 0.252 e. The van der Waals surface area contributed by atoms with Gasteiger partial charge in [0.1, 0.15) is 0 Å². The van der Waals surface area contributed by atoms with Crippen LogP contribution in [-0.2, 0) is 0 Å². The standard InChI is InChI=1S/C43H31BN2.C42H30BN3/c1-5-17-31(18-6-1)42(32-19-7-2-8-20-32)33-29-40-43-41(30-33)46(35-23-11-4-12-24-35)39-28-16-14-26-37(39)44(43)36-25-13-15-27-38(36)45(40)34-21-9-3-10-22-34;1-5-17-31(18-6-1)44(32-19-7-2-8-20-32)35-29-40-42-41(30-35)46(34-23-11-4-12-24-34)39-28-16-14-26-37(39)43(42)36-25-13-15-27-38(36)45(40)33-21-9-3-10-22-33/h1-30,42H;1-30H/i1D,2D,3D,4D,5D,6D,7D,8D,9D,10D,11D,12D,15D,16D,17D,18D,19D,20D,21D,22D,23D,24D,25D,26D,27D,28D;13D,14D,15D,16D,25D,26D,27D,28D. The van der Waals surface area contributed by atoms with E-state index in [1.807, 2.05) is 143 Å². The highest BCUT2D eigenvalue weighted by atomic mass is 15.2. The molecule has 4 aliphatic rings. The summed E-state index contributed by atoms with van der Waals surface area (Å²) in [5, 5.41) is 0. The molecule has 0 amide bonds. The van der Waals surface area contributed by atoms with Crippen LogP contribution in [0.15, 0.2) is 363 Å². The first-order valence-corrected chi connectivity index (χ1v) is 29.1. The maximum atomic E-state index is 9.47. The van der Waals surface area contributed by atoms with Gasteiger partial charge in [0.05, 0.1) is 52.3 Å². The Morgan fingerprint density at radius 3 is 0.967 bits per heavy atom. The minimum atomic E-state index is -2.08. The van der Waals surface area contributed by atoms with Gasteiger partial charge in [0, 0.05) is 85.5 Å². The number of para-hydroxylation sites is 10. The van der Waals surface area contributed by atoms with Crippen LogP contribution >= 0.6 is 0 Å². The van der Waals surface area contributed by atoms with E-state index in [0.29, 0.717) is 28.2 Å².